The van der Waals surface area contributed by atoms with Crippen LogP contribution in [0.5, 0.6) is 5.75 Å². The molecule has 0 bridgehead atoms. The van der Waals surface area contributed by atoms with Crippen molar-refractivity contribution in [3.8, 4) is 5.75 Å². The van der Waals surface area contributed by atoms with Crippen LogP contribution in [-0.2, 0) is 4.74 Å². The molecule has 17 heavy (non-hydrogen) atoms. The Morgan fingerprint density at radius 1 is 1.18 bits per heavy atom. The quantitative estimate of drug-likeness (QED) is 0.669. The Hall–Kier alpha value is -1.06. The van der Waals surface area contributed by atoms with Gasteiger partial charge in [0.25, 0.3) is 0 Å². The summed E-state index contributed by atoms with van der Waals surface area (Å²) in [6.07, 6.45) is 1.06. The highest BCUT2D eigenvalue weighted by Gasteiger charge is 2.01. The smallest absolute Gasteiger partial charge is 0.119 e. The zero-order valence-electron chi connectivity index (χ0n) is 10.8. The van der Waals surface area contributed by atoms with Gasteiger partial charge < -0.3 is 14.8 Å². The number of hydrogen-bond donors (Lipinski definition) is 1. The first kappa shape index (κ1) is 14.0. The number of nitrogens with one attached hydrogen (secondary N) is 1. The van der Waals surface area contributed by atoms with Crippen LogP contribution in [0.2, 0.25) is 0 Å². The number of hydrogen-bond acceptors (Lipinski definition) is 3. The molecule has 0 aliphatic carbocycles. The Morgan fingerprint density at radius 2 is 1.94 bits per heavy atom. The van der Waals surface area contributed by atoms with Crippen molar-refractivity contribution >= 4 is 0 Å². The van der Waals surface area contributed by atoms with Crippen molar-refractivity contribution in [2.24, 2.45) is 5.92 Å². The van der Waals surface area contributed by atoms with Crippen molar-refractivity contribution in [1.29, 1.82) is 0 Å². The maximum atomic E-state index is 5.65. The number of rotatable bonds is 9. The monoisotopic (exact) mass is 237 g/mol. The lowest BCUT2D eigenvalue weighted by molar-refractivity contribution is 0.197. The summed E-state index contributed by atoms with van der Waals surface area (Å²) < 4.78 is 10.6. The van der Waals surface area contributed by atoms with Crippen LogP contribution in [-0.4, -0.2) is 33.4 Å². The van der Waals surface area contributed by atoms with Gasteiger partial charge in [-0.1, -0.05) is 25.1 Å². The van der Waals surface area contributed by atoms with E-state index in [9.17, 15) is 0 Å². The van der Waals surface area contributed by atoms with Gasteiger partial charge in [-0.25, -0.2) is 0 Å². The molecule has 0 fully saturated rings. The van der Waals surface area contributed by atoms with E-state index in [-0.39, 0.29) is 0 Å². The molecule has 1 rings (SSSR count). The van der Waals surface area contributed by atoms with Crippen molar-refractivity contribution < 1.29 is 9.47 Å². The average Bonchev–Trinajstić information content (AvgIpc) is 2.36. The van der Waals surface area contributed by atoms with Gasteiger partial charge in [0.05, 0.1) is 13.2 Å². The zero-order chi connectivity index (χ0) is 12.3. The minimum absolute atomic E-state index is 0.621. The number of para-hydroxylation sites is 1. The molecule has 1 atom stereocenters. The Balaban J connectivity index is 2.02. The molecule has 3 nitrogen and oxygen atoms in total. The number of benzene rings is 1. The Morgan fingerprint density at radius 3 is 2.65 bits per heavy atom. The van der Waals surface area contributed by atoms with Crippen LogP contribution in [0.25, 0.3) is 0 Å². The topological polar surface area (TPSA) is 30.5 Å². The summed E-state index contributed by atoms with van der Waals surface area (Å²) >= 11 is 0. The molecule has 1 aromatic carbocycles. The average molecular weight is 237 g/mol. The fourth-order valence-electron chi connectivity index (χ4n) is 1.52. The molecule has 0 amide bonds. The summed E-state index contributed by atoms with van der Waals surface area (Å²) in [5, 5.41) is 3.35. The van der Waals surface area contributed by atoms with Crippen LogP contribution in [0.15, 0.2) is 30.3 Å². The highest BCUT2D eigenvalue weighted by molar-refractivity contribution is 5.20. The minimum Gasteiger partial charge on any atom is -0.494 e. The molecule has 3 heteroatoms. The molecular weight excluding hydrogens is 214 g/mol. The Bertz CT molecular complexity index is 277. The molecule has 0 aliphatic rings. The third-order valence-corrected chi connectivity index (χ3v) is 2.60. The van der Waals surface area contributed by atoms with Crippen LogP contribution >= 0.6 is 0 Å². The van der Waals surface area contributed by atoms with Gasteiger partial charge in [-0.05, 0) is 31.0 Å². The normalized spacial score (nSPS) is 12.4. The van der Waals surface area contributed by atoms with Crippen LogP contribution in [0.3, 0.4) is 0 Å². The van der Waals surface area contributed by atoms with E-state index in [0.29, 0.717) is 5.92 Å². The van der Waals surface area contributed by atoms with Crippen LogP contribution in [0.4, 0.5) is 0 Å². The van der Waals surface area contributed by atoms with Gasteiger partial charge in [0.1, 0.15) is 5.75 Å². The number of methoxy groups -OCH3 is 1. The second-order valence-corrected chi connectivity index (χ2v) is 4.25. The predicted octanol–water partition coefficient (Wildman–Crippen LogP) is 2.33. The highest BCUT2D eigenvalue weighted by Crippen LogP contribution is 2.10. The largest absolute Gasteiger partial charge is 0.494 e. The van der Waals surface area contributed by atoms with E-state index in [2.05, 4.69) is 12.2 Å². The summed E-state index contributed by atoms with van der Waals surface area (Å²) in [5.74, 6) is 1.57. The van der Waals surface area contributed by atoms with Gasteiger partial charge in [0.15, 0.2) is 0 Å². The van der Waals surface area contributed by atoms with E-state index in [1.807, 2.05) is 30.3 Å². The lowest BCUT2D eigenvalue weighted by atomic mass is 10.1. The maximum absolute atomic E-state index is 5.65. The van der Waals surface area contributed by atoms with E-state index in [4.69, 9.17) is 9.47 Å². The SMILES string of the molecule is COCCNCC(C)CCOc1ccccc1. The molecule has 1 unspecified atom stereocenters. The molecule has 0 radical (unpaired) electrons. The standard InChI is InChI=1S/C14H23NO2/c1-13(12-15-9-11-16-2)8-10-17-14-6-4-3-5-7-14/h3-7,13,15H,8-12H2,1-2H3. The maximum Gasteiger partial charge on any atom is 0.119 e. The van der Waals surface area contributed by atoms with E-state index in [1.165, 1.54) is 0 Å². The molecule has 1 N–H and O–H groups in total. The lowest BCUT2D eigenvalue weighted by Gasteiger charge is -2.13. The van der Waals surface area contributed by atoms with E-state index < -0.39 is 0 Å². The first-order valence-corrected chi connectivity index (χ1v) is 6.20. The van der Waals surface area contributed by atoms with Crippen molar-refractivity contribution in [3.05, 3.63) is 30.3 Å². The van der Waals surface area contributed by atoms with Gasteiger partial charge in [-0.3, -0.25) is 0 Å². The minimum atomic E-state index is 0.621. The second kappa shape index (κ2) is 9.02. The Kier molecular flexibility index (Phi) is 7.43. The van der Waals surface area contributed by atoms with Gasteiger partial charge in [0.2, 0.25) is 0 Å². The molecule has 96 valence electrons. The predicted molar refractivity (Wildman–Crippen MR) is 70.5 cm³/mol. The number of ether oxygens (including phenoxy) is 2. The van der Waals surface area contributed by atoms with Crippen molar-refractivity contribution in [2.45, 2.75) is 13.3 Å². The van der Waals surface area contributed by atoms with Gasteiger partial charge in [-0.15, -0.1) is 0 Å². The summed E-state index contributed by atoms with van der Waals surface area (Å²) in [7, 11) is 1.72. The van der Waals surface area contributed by atoms with Crippen LogP contribution < -0.4 is 10.1 Å². The van der Waals surface area contributed by atoms with E-state index >= 15 is 0 Å². The van der Waals surface area contributed by atoms with Gasteiger partial charge >= 0.3 is 0 Å². The van der Waals surface area contributed by atoms with Crippen LogP contribution in [0, 0.1) is 5.92 Å². The summed E-state index contributed by atoms with van der Waals surface area (Å²) in [6.45, 7) is 5.71. The van der Waals surface area contributed by atoms with Crippen molar-refractivity contribution in [3.63, 3.8) is 0 Å². The molecule has 0 heterocycles. The first-order chi connectivity index (χ1) is 8.33. The molecular formula is C14H23NO2. The van der Waals surface area contributed by atoms with E-state index in [0.717, 1.165) is 38.5 Å². The third-order valence-electron chi connectivity index (χ3n) is 2.60. The van der Waals surface area contributed by atoms with Crippen molar-refractivity contribution in [1.82, 2.24) is 5.32 Å². The molecule has 0 spiro atoms. The summed E-state index contributed by atoms with van der Waals surface area (Å²) in [6, 6.07) is 9.95. The fraction of sp³-hybridized carbons (Fsp3) is 0.571. The second-order valence-electron chi connectivity index (χ2n) is 4.25. The van der Waals surface area contributed by atoms with Crippen molar-refractivity contribution in [2.75, 3.05) is 33.4 Å². The van der Waals surface area contributed by atoms with Crippen LogP contribution in [0.1, 0.15) is 13.3 Å². The third kappa shape index (κ3) is 6.97. The molecule has 0 saturated carbocycles. The summed E-state index contributed by atoms with van der Waals surface area (Å²) in [4.78, 5) is 0. The molecule has 0 saturated heterocycles. The fourth-order valence-corrected chi connectivity index (χ4v) is 1.52. The molecule has 0 aromatic heterocycles. The lowest BCUT2D eigenvalue weighted by Crippen LogP contribution is -2.25. The van der Waals surface area contributed by atoms with Gasteiger partial charge in [0, 0.05) is 13.7 Å². The highest BCUT2D eigenvalue weighted by atomic mass is 16.5. The zero-order valence-corrected chi connectivity index (χ0v) is 10.8. The first-order valence-electron chi connectivity index (χ1n) is 6.20. The molecule has 1 aromatic rings. The summed E-state index contributed by atoms with van der Waals surface area (Å²) in [5.41, 5.74) is 0. The molecule has 0 aliphatic heterocycles. The Labute approximate surface area is 104 Å². The van der Waals surface area contributed by atoms with E-state index in [1.54, 1.807) is 7.11 Å². The van der Waals surface area contributed by atoms with Gasteiger partial charge in [-0.2, -0.15) is 0 Å².